The molecule has 2 nitrogen and oxygen atoms in total. The number of anilines is 1. The van der Waals surface area contributed by atoms with Crippen molar-refractivity contribution in [3.05, 3.63) is 59.7 Å². The Kier molecular flexibility index (Phi) is 5.24. The molecule has 0 saturated carbocycles. The van der Waals surface area contributed by atoms with E-state index < -0.39 is 0 Å². The van der Waals surface area contributed by atoms with E-state index in [4.69, 9.17) is 0 Å². The Balaban J connectivity index is 2.11. The van der Waals surface area contributed by atoms with Crippen molar-refractivity contribution >= 4 is 23.4 Å². The van der Waals surface area contributed by atoms with Crippen LogP contribution < -0.4 is 5.32 Å². The van der Waals surface area contributed by atoms with Gasteiger partial charge in [0.1, 0.15) is 0 Å². The Hall–Kier alpha value is -1.74. The van der Waals surface area contributed by atoms with E-state index in [1.165, 1.54) is 5.56 Å². The van der Waals surface area contributed by atoms with Crippen molar-refractivity contribution in [1.29, 1.82) is 0 Å². The summed E-state index contributed by atoms with van der Waals surface area (Å²) in [6.45, 7) is 2.16. The van der Waals surface area contributed by atoms with E-state index in [1.54, 1.807) is 11.8 Å². The molecule has 1 amide bonds. The molecule has 0 radical (unpaired) electrons. The molecule has 0 heterocycles. The molecule has 3 heteroatoms. The van der Waals surface area contributed by atoms with Crippen molar-refractivity contribution in [3.8, 4) is 0 Å². The first-order valence-electron chi connectivity index (χ1n) is 6.78. The minimum absolute atomic E-state index is 0.0572. The van der Waals surface area contributed by atoms with Crippen LogP contribution in [0.25, 0.3) is 0 Å². The number of benzene rings is 2. The van der Waals surface area contributed by atoms with Crippen molar-refractivity contribution in [2.45, 2.75) is 24.7 Å². The van der Waals surface area contributed by atoms with Gasteiger partial charge in [0.15, 0.2) is 0 Å². The molecule has 0 aliphatic heterocycles. The number of carbonyl (C=O) groups excluding carboxylic acids is 1. The second kappa shape index (κ2) is 7.15. The molecule has 2 aromatic carbocycles. The summed E-state index contributed by atoms with van der Waals surface area (Å²) < 4.78 is 0. The summed E-state index contributed by atoms with van der Waals surface area (Å²) in [5.74, 6) is -0.0572. The summed E-state index contributed by atoms with van der Waals surface area (Å²) >= 11 is 1.58. The highest BCUT2D eigenvalue weighted by atomic mass is 32.2. The van der Waals surface area contributed by atoms with Gasteiger partial charge in [-0.1, -0.05) is 37.6 Å². The van der Waals surface area contributed by atoms with Crippen molar-refractivity contribution < 1.29 is 4.79 Å². The van der Waals surface area contributed by atoms with Crippen LogP contribution in [-0.2, 0) is 6.42 Å². The molecule has 20 heavy (non-hydrogen) atoms. The second-order valence-electron chi connectivity index (χ2n) is 4.60. The molecule has 0 saturated heterocycles. The van der Waals surface area contributed by atoms with E-state index in [1.807, 2.05) is 42.7 Å². The zero-order valence-corrected chi connectivity index (χ0v) is 12.7. The van der Waals surface area contributed by atoms with Crippen LogP contribution in [0, 0.1) is 0 Å². The van der Waals surface area contributed by atoms with Crippen molar-refractivity contribution in [3.63, 3.8) is 0 Å². The number of hydrogen-bond donors (Lipinski definition) is 1. The number of amides is 1. The lowest BCUT2D eigenvalue weighted by Gasteiger charge is -2.09. The van der Waals surface area contributed by atoms with E-state index in [2.05, 4.69) is 24.4 Å². The van der Waals surface area contributed by atoms with E-state index in [0.717, 1.165) is 29.0 Å². The predicted molar refractivity (Wildman–Crippen MR) is 86.6 cm³/mol. The first-order valence-corrected chi connectivity index (χ1v) is 8.00. The van der Waals surface area contributed by atoms with Gasteiger partial charge in [0.05, 0.1) is 5.56 Å². The molecule has 0 bridgehead atoms. The van der Waals surface area contributed by atoms with Crippen LogP contribution in [0.5, 0.6) is 0 Å². The summed E-state index contributed by atoms with van der Waals surface area (Å²) in [6, 6.07) is 15.7. The minimum atomic E-state index is -0.0572. The van der Waals surface area contributed by atoms with Gasteiger partial charge in [-0.05, 0) is 42.5 Å². The van der Waals surface area contributed by atoms with Crippen molar-refractivity contribution in [2.75, 3.05) is 11.6 Å². The van der Waals surface area contributed by atoms with Gasteiger partial charge in [0.25, 0.3) is 5.91 Å². The number of aryl methyl sites for hydroxylation is 1. The van der Waals surface area contributed by atoms with Gasteiger partial charge in [-0.2, -0.15) is 0 Å². The molecule has 0 fully saturated rings. The van der Waals surface area contributed by atoms with Crippen LogP contribution in [0.4, 0.5) is 5.69 Å². The fraction of sp³-hybridized carbons (Fsp3) is 0.235. The topological polar surface area (TPSA) is 29.1 Å². The maximum Gasteiger partial charge on any atom is 0.256 e. The molecule has 0 aliphatic rings. The molecule has 0 aliphatic carbocycles. The number of hydrogen-bond acceptors (Lipinski definition) is 2. The molecule has 104 valence electrons. The Morgan fingerprint density at radius 2 is 1.80 bits per heavy atom. The van der Waals surface area contributed by atoms with E-state index in [-0.39, 0.29) is 5.91 Å². The standard InChI is InChI=1S/C17H19NOS/c1-3-6-13-9-11-14(12-10-13)18-17(19)15-7-4-5-8-16(15)20-2/h4-5,7-12H,3,6H2,1-2H3,(H,18,19). The third-order valence-corrected chi connectivity index (χ3v) is 3.90. The monoisotopic (exact) mass is 285 g/mol. The van der Waals surface area contributed by atoms with Gasteiger partial charge in [0, 0.05) is 10.6 Å². The minimum Gasteiger partial charge on any atom is -0.322 e. The zero-order valence-electron chi connectivity index (χ0n) is 11.8. The highest BCUT2D eigenvalue weighted by Crippen LogP contribution is 2.21. The number of nitrogens with one attached hydrogen (secondary N) is 1. The third-order valence-electron chi connectivity index (χ3n) is 3.10. The maximum atomic E-state index is 12.3. The van der Waals surface area contributed by atoms with Gasteiger partial charge in [0.2, 0.25) is 0 Å². The van der Waals surface area contributed by atoms with Crippen molar-refractivity contribution in [1.82, 2.24) is 0 Å². The van der Waals surface area contributed by atoms with Gasteiger partial charge >= 0.3 is 0 Å². The van der Waals surface area contributed by atoms with Gasteiger partial charge in [-0.25, -0.2) is 0 Å². The van der Waals surface area contributed by atoms with Gasteiger partial charge in [-0.15, -0.1) is 11.8 Å². The average molecular weight is 285 g/mol. The molecule has 1 N–H and O–H groups in total. The van der Waals surface area contributed by atoms with Crippen LogP contribution in [0.2, 0.25) is 0 Å². The van der Waals surface area contributed by atoms with E-state index in [0.29, 0.717) is 0 Å². The number of thioether (sulfide) groups is 1. The molecule has 0 unspecified atom stereocenters. The number of carbonyl (C=O) groups is 1. The molecule has 0 spiro atoms. The van der Waals surface area contributed by atoms with Crippen LogP contribution >= 0.6 is 11.8 Å². The lowest BCUT2D eigenvalue weighted by atomic mass is 10.1. The highest BCUT2D eigenvalue weighted by molar-refractivity contribution is 7.98. The largest absolute Gasteiger partial charge is 0.322 e. The average Bonchev–Trinajstić information content (AvgIpc) is 2.49. The van der Waals surface area contributed by atoms with Crippen LogP contribution in [0.3, 0.4) is 0 Å². The second-order valence-corrected chi connectivity index (χ2v) is 5.45. The Morgan fingerprint density at radius 3 is 2.45 bits per heavy atom. The summed E-state index contributed by atoms with van der Waals surface area (Å²) in [5.41, 5.74) is 2.86. The molecule has 2 rings (SSSR count). The summed E-state index contributed by atoms with van der Waals surface area (Å²) in [6.07, 6.45) is 4.18. The summed E-state index contributed by atoms with van der Waals surface area (Å²) in [7, 11) is 0. The first-order chi connectivity index (χ1) is 9.74. The highest BCUT2D eigenvalue weighted by Gasteiger charge is 2.10. The maximum absolute atomic E-state index is 12.3. The molecule has 0 aromatic heterocycles. The molecular formula is C17H19NOS. The molecular weight excluding hydrogens is 266 g/mol. The quantitative estimate of drug-likeness (QED) is 0.813. The number of rotatable bonds is 5. The fourth-order valence-corrected chi connectivity index (χ4v) is 2.67. The normalized spacial score (nSPS) is 10.3. The lowest BCUT2D eigenvalue weighted by molar-refractivity contribution is 0.102. The predicted octanol–water partition coefficient (Wildman–Crippen LogP) is 4.61. The fourth-order valence-electron chi connectivity index (χ4n) is 2.07. The lowest BCUT2D eigenvalue weighted by Crippen LogP contribution is -2.12. The Labute approximate surface area is 124 Å². The van der Waals surface area contributed by atoms with Gasteiger partial charge in [-0.3, -0.25) is 4.79 Å². The third kappa shape index (κ3) is 3.64. The Morgan fingerprint density at radius 1 is 1.10 bits per heavy atom. The van der Waals surface area contributed by atoms with Crippen LogP contribution in [0.1, 0.15) is 29.3 Å². The summed E-state index contributed by atoms with van der Waals surface area (Å²) in [5, 5.41) is 2.95. The molecule has 0 atom stereocenters. The van der Waals surface area contributed by atoms with Crippen LogP contribution in [0.15, 0.2) is 53.4 Å². The smallest absolute Gasteiger partial charge is 0.256 e. The summed E-state index contributed by atoms with van der Waals surface area (Å²) in [4.78, 5) is 13.3. The van der Waals surface area contributed by atoms with Crippen molar-refractivity contribution in [2.24, 2.45) is 0 Å². The van der Waals surface area contributed by atoms with Gasteiger partial charge < -0.3 is 5.32 Å². The molecule has 2 aromatic rings. The van der Waals surface area contributed by atoms with Crippen LogP contribution in [-0.4, -0.2) is 12.2 Å². The van der Waals surface area contributed by atoms with E-state index >= 15 is 0 Å². The first kappa shape index (κ1) is 14.7. The van der Waals surface area contributed by atoms with E-state index in [9.17, 15) is 4.79 Å². The SMILES string of the molecule is CCCc1ccc(NC(=O)c2ccccc2SC)cc1. The zero-order chi connectivity index (χ0) is 14.4. The Bertz CT molecular complexity index is 578.